The van der Waals surface area contributed by atoms with E-state index in [0.717, 1.165) is 12.8 Å². The molecule has 0 bridgehead atoms. The van der Waals surface area contributed by atoms with Crippen molar-refractivity contribution in [2.45, 2.75) is 45.3 Å². The third kappa shape index (κ3) is 2.93. The van der Waals surface area contributed by atoms with Crippen LogP contribution in [0.25, 0.3) is 0 Å². The molecule has 0 aromatic heterocycles. The Bertz CT molecular complexity index is 170. The fraction of sp³-hybridized carbons (Fsp3) is 1.00. The van der Waals surface area contributed by atoms with Crippen molar-refractivity contribution >= 4 is 0 Å². The standard InChI is InChI=1S/C10H22N2O/c1-9(2,3)5-4-8(11)10(13)6-12-7-10/h8,12-13H,4-7,11H2,1-3H3. The van der Waals surface area contributed by atoms with Gasteiger partial charge < -0.3 is 16.2 Å². The summed E-state index contributed by atoms with van der Waals surface area (Å²) in [5.74, 6) is 0. The first kappa shape index (κ1) is 11.0. The van der Waals surface area contributed by atoms with E-state index in [4.69, 9.17) is 5.73 Å². The first-order valence-electron chi connectivity index (χ1n) is 5.02. The lowest BCUT2D eigenvalue weighted by molar-refractivity contribution is -0.0364. The van der Waals surface area contributed by atoms with Crippen LogP contribution >= 0.6 is 0 Å². The summed E-state index contributed by atoms with van der Waals surface area (Å²) >= 11 is 0. The van der Waals surface area contributed by atoms with Crippen LogP contribution in [0.4, 0.5) is 0 Å². The van der Waals surface area contributed by atoms with E-state index in [9.17, 15) is 5.11 Å². The van der Waals surface area contributed by atoms with Gasteiger partial charge in [0.2, 0.25) is 0 Å². The van der Waals surface area contributed by atoms with E-state index in [0.29, 0.717) is 18.5 Å². The third-order valence-electron chi connectivity index (χ3n) is 2.76. The highest BCUT2D eigenvalue weighted by atomic mass is 16.3. The molecule has 0 aliphatic carbocycles. The zero-order valence-electron chi connectivity index (χ0n) is 8.93. The number of β-amino-alcohol motifs (C(OH)–C–C–N with tert-alkyl or cyclic N) is 1. The van der Waals surface area contributed by atoms with Gasteiger partial charge in [-0.15, -0.1) is 0 Å². The summed E-state index contributed by atoms with van der Waals surface area (Å²) in [5.41, 5.74) is 5.61. The summed E-state index contributed by atoms with van der Waals surface area (Å²) in [6.45, 7) is 7.89. The Kier molecular flexibility index (Phi) is 3.00. The van der Waals surface area contributed by atoms with Crippen molar-refractivity contribution in [3.05, 3.63) is 0 Å². The van der Waals surface area contributed by atoms with Crippen molar-refractivity contribution in [2.75, 3.05) is 13.1 Å². The zero-order valence-corrected chi connectivity index (χ0v) is 8.93. The van der Waals surface area contributed by atoms with Gasteiger partial charge in [-0.2, -0.15) is 0 Å². The maximum Gasteiger partial charge on any atom is 0.104 e. The van der Waals surface area contributed by atoms with E-state index in [1.807, 2.05) is 0 Å². The van der Waals surface area contributed by atoms with Crippen LogP contribution in [-0.2, 0) is 0 Å². The smallest absolute Gasteiger partial charge is 0.104 e. The highest BCUT2D eigenvalue weighted by molar-refractivity contribution is 5.00. The Labute approximate surface area is 80.7 Å². The summed E-state index contributed by atoms with van der Waals surface area (Å²) in [7, 11) is 0. The molecule has 0 amide bonds. The normalized spacial score (nSPS) is 23.8. The van der Waals surface area contributed by atoms with Crippen molar-refractivity contribution in [3.63, 3.8) is 0 Å². The van der Waals surface area contributed by atoms with Crippen molar-refractivity contribution in [2.24, 2.45) is 11.1 Å². The first-order valence-corrected chi connectivity index (χ1v) is 5.02. The summed E-state index contributed by atoms with van der Waals surface area (Å²) in [6.07, 6.45) is 1.97. The van der Waals surface area contributed by atoms with Crippen LogP contribution < -0.4 is 11.1 Å². The summed E-state index contributed by atoms with van der Waals surface area (Å²) < 4.78 is 0. The predicted molar refractivity (Wildman–Crippen MR) is 54.5 cm³/mol. The number of hydrogen-bond acceptors (Lipinski definition) is 3. The minimum absolute atomic E-state index is 0.0759. The van der Waals surface area contributed by atoms with E-state index in [2.05, 4.69) is 26.1 Å². The SMILES string of the molecule is CC(C)(C)CCC(N)C1(O)CNC1. The Morgan fingerprint density at radius 3 is 2.31 bits per heavy atom. The molecule has 1 unspecified atom stereocenters. The van der Waals surface area contributed by atoms with Crippen LogP contribution in [0, 0.1) is 5.41 Å². The monoisotopic (exact) mass is 186 g/mol. The minimum atomic E-state index is -0.634. The van der Waals surface area contributed by atoms with Gasteiger partial charge >= 0.3 is 0 Å². The zero-order chi connectivity index (χ0) is 10.1. The van der Waals surface area contributed by atoms with Crippen LogP contribution in [-0.4, -0.2) is 29.8 Å². The quantitative estimate of drug-likeness (QED) is 0.600. The van der Waals surface area contributed by atoms with Gasteiger partial charge in [-0.1, -0.05) is 20.8 Å². The summed E-state index contributed by atoms with van der Waals surface area (Å²) in [5, 5.41) is 12.9. The average molecular weight is 186 g/mol. The molecular weight excluding hydrogens is 164 g/mol. The maximum atomic E-state index is 9.89. The molecule has 1 rings (SSSR count). The van der Waals surface area contributed by atoms with Gasteiger partial charge in [-0.25, -0.2) is 0 Å². The van der Waals surface area contributed by atoms with Crippen molar-refractivity contribution in [1.29, 1.82) is 0 Å². The van der Waals surface area contributed by atoms with Gasteiger partial charge in [-0.05, 0) is 18.3 Å². The number of nitrogens with one attached hydrogen (secondary N) is 1. The fourth-order valence-corrected chi connectivity index (χ4v) is 1.50. The Morgan fingerprint density at radius 1 is 1.46 bits per heavy atom. The topological polar surface area (TPSA) is 58.3 Å². The molecule has 0 spiro atoms. The Morgan fingerprint density at radius 2 is 2.00 bits per heavy atom. The second kappa shape index (κ2) is 3.56. The fourth-order valence-electron chi connectivity index (χ4n) is 1.50. The molecule has 78 valence electrons. The molecule has 0 radical (unpaired) electrons. The molecule has 4 N–H and O–H groups in total. The van der Waals surface area contributed by atoms with Gasteiger partial charge in [0.05, 0.1) is 0 Å². The lowest BCUT2D eigenvalue weighted by atomic mass is 9.81. The summed E-state index contributed by atoms with van der Waals surface area (Å²) in [4.78, 5) is 0. The molecule has 0 saturated carbocycles. The number of aliphatic hydroxyl groups is 1. The second-order valence-corrected chi connectivity index (χ2v) is 5.41. The molecule has 1 fully saturated rings. The van der Waals surface area contributed by atoms with Crippen LogP contribution in [0.5, 0.6) is 0 Å². The largest absolute Gasteiger partial charge is 0.386 e. The van der Waals surface area contributed by atoms with Crippen molar-refractivity contribution in [1.82, 2.24) is 5.32 Å². The van der Waals surface area contributed by atoms with Crippen molar-refractivity contribution < 1.29 is 5.11 Å². The molecule has 3 heteroatoms. The van der Waals surface area contributed by atoms with Gasteiger partial charge in [-0.3, -0.25) is 0 Å². The lowest BCUT2D eigenvalue weighted by Gasteiger charge is -2.42. The van der Waals surface area contributed by atoms with Crippen LogP contribution in [0.2, 0.25) is 0 Å². The number of nitrogens with two attached hydrogens (primary N) is 1. The van der Waals surface area contributed by atoms with E-state index in [-0.39, 0.29) is 6.04 Å². The van der Waals surface area contributed by atoms with Crippen LogP contribution in [0.15, 0.2) is 0 Å². The molecule has 1 aliphatic heterocycles. The maximum absolute atomic E-state index is 9.89. The van der Waals surface area contributed by atoms with Gasteiger partial charge in [0.25, 0.3) is 0 Å². The molecular formula is C10H22N2O. The molecule has 3 nitrogen and oxygen atoms in total. The van der Waals surface area contributed by atoms with Gasteiger partial charge in [0, 0.05) is 19.1 Å². The van der Waals surface area contributed by atoms with E-state index >= 15 is 0 Å². The second-order valence-electron chi connectivity index (χ2n) is 5.41. The molecule has 1 atom stereocenters. The molecule has 1 aliphatic rings. The van der Waals surface area contributed by atoms with E-state index in [1.54, 1.807) is 0 Å². The highest BCUT2D eigenvalue weighted by Crippen LogP contribution is 2.25. The van der Waals surface area contributed by atoms with E-state index in [1.165, 1.54) is 0 Å². The third-order valence-corrected chi connectivity index (χ3v) is 2.76. The summed E-state index contributed by atoms with van der Waals surface area (Å²) in [6, 6.07) is -0.0759. The van der Waals surface area contributed by atoms with Gasteiger partial charge in [0.1, 0.15) is 5.60 Å². The predicted octanol–water partition coefficient (Wildman–Crippen LogP) is 0.474. The molecule has 0 aromatic rings. The Hall–Kier alpha value is -0.120. The average Bonchev–Trinajstić information content (AvgIpc) is 1.94. The van der Waals surface area contributed by atoms with E-state index < -0.39 is 5.60 Å². The number of hydrogen-bond donors (Lipinski definition) is 3. The molecule has 13 heavy (non-hydrogen) atoms. The molecule has 1 saturated heterocycles. The minimum Gasteiger partial charge on any atom is -0.386 e. The van der Waals surface area contributed by atoms with Crippen molar-refractivity contribution in [3.8, 4) is 0 Å². The highest BCUT2D eigenvalue weighted by Gasteiger charge is 2.40. The van der Waals surface area contributed by atoms with Crippen LogP contribution in [0.3, 0.4) is 0 Å². The van der Waals surface area contributed by atoms with Gasteiger partial charge in [0.15, 0.2) is 0 Å². The lowest BCUT2D eigenvalue weighted by Crippen LogP contribution is -2.68. The molecule has 1 heterocycles. The molecule has 0 aromatic carbocycles. The van der Waals surface area contributed by atoms with Crippen LogP contribution in [0.1, 0.15) is 33.6 Å². The Balaban J connectivity index is 2.29. The number of rotatable bonds is 3. The first-order chi connectivity index (χ1) is 5.83.